The molecule has 7 rings (SSSR count). The quantitative estimate of drug-likeness (QED) is 0.0609. The number of carbonyl (C=O) groups excluding carboxylic acids is 6. The third-order valence-corrected chi connectivity index (χ3v) is 10.3. The second-order valence-electron chi connectivity index (χ2n) is 15.0. The number of nitrogens with zero attached hydrogens (tertiary/aromatic N) is 3. The first-order chi connectivity index (χ1) is 32.6. The van der Waals surface area contributed by atoms with Gasteiger partial charge in [-0.05, 0) is 75.0 Å². The van der Waals surface area contributed by atoms with Crippen molar-refractivity contribution in [2.45, 2.75) is 78.2 Å². The molecule has 3 unspecified atom stereocenters. The third-order valence-electron chi connectivity index (χ3n) is 10.3. The molecule has 3 atom stereocenters. The van der Waals surface area contributed by atoms with Crippen molar-refractivity contribution in [3.05, 3.63) is 77.1 Å². The van der Waals surface area contributed by atoms with Crippen LogP contribution in [0.15, 0.2) is 42.5 Å². The number of aromatic nitrogens is 1. The molecule has 0 radical (unpaired) electrons. The largest absolute Gasteiger partial charge is 0.465 e. The van der Waals surface area contributed by atoms with Crippen molar-refractivity contribution < 1.29 is 64.9 Å². The van der Waals surface area contributed by atoms with Crippen molar-refractivity contribution in [1.29, 1.82) is 0 Å². The fourth-order valence-electron chi connectivity index (χ4n) is 7.49. The molecule has 3 aliphatic heterocycles. The summed E-state index contributed by atoms with van der Waals surface area (Å²) >= 11 is 0. The molecule has 3 aliphatic rings. The van der Waals surface area contributed by atoms with Gasteiger partial charge in [-0.15, -0.1) is 0 Å². The molecule has 68 heavy (non-hydrogen) atoms. The van der Waals surface area contributed by atoms with Crippen LogP contribution in [0.5, 0.6) is 5.75 Å². The molecule has 0 saturated carbocycles. The number of likely N-dealkylation sites (tertiary alicyclic amines) is 2. The molecule has 0 aliphatic carbocycles. The first-order valence-electron chi connectivity index (χ1n) is 21.5. The molecular formula is C47H64F5N7O9. The Morgan fingerprint density at radius 1 is 0.853 bits per heavy atom. The number of benzene rings is 3. The Kier molecular flexibility index (Phi) is 26.3. The Bertz CT molecular complexity index is 2230. The zero-order valence-corrected chi connectivity index (χ0v) is 39.8. The van der Waals surface area contributed by atoms with E-state index in [1.165, 1.54) is 30.0 Å². The van der Waals surface area contributed by atoms with E-state index in [9.17, 15) is 27.6 Å². The Morgan fingerprint density at radius 3 is 1.91 bits per heavy atom. The van der Waals surface area contributed by atoms with Gasteiger partial charge in [0.25, 0.3) is 5.91 Å². The van der Waals surface area contributed by atoms with Crippen LogP contribution in [0.2, 0.25) is 0 Å². The van der Waals surface area contributed by atoms with E-state index < -0.39 is 53.0 Å². The highest BCUT2D eigenvalue weighted by atomic mass is 19.2. The van der Waals surface area contributed by atoms with Gasteiger partial charge in [0.1, 0.15) is 38.1 Å². The average Bonchev–Trinajstić information content (AvgIpc) is 4.15. The lowest BCUT2D eigenvalue weighted by Gasteiger charge is -2.31. The van der Waals surface area contributed by atoms with Crippen molar-refractivity contribution in [3.63, 3.8) is 0 Å². The van der Waals surface area contributed by atoms with Gasteiger partial charge in [0.05, 0.1) is 16.8 Å². The summed E-state index contributed by atoms with van der Waals surface area (Å²) in [5.74, 6) is -10.9. The number of primary amides is 1. The molecule has 4 amide bonds. The minimum Gasteiger partial charge on any atom is -0.465 e. The van der Waals surface area contributed by atoms with E-state index in [2.05, 4.69) is 35.9 Å². The third kappa shape index (κ3) is 14.3. The maximum absolute atomic E-state index is 15.2. The Balaban J connectivity index is 0.000000883. The molecular weight excluding hydrogens is 902 g/mol. The number of rotatable bonds is 9. The first-order valence-corrected chi connectivity index (χ1v) is 21.5. The Hall–Kier alpha value is -6.45. The van der Waals surface area contributed by atoms with E-state index in [0.717, 1.165) is 25.9 Å². The monoisotopic (exact) mass is 965 g/mol. The van der Waals surface area contributed by atoms with Gasteiger partial charge < -0.3 is 60.3 Å². The molecule has 4 aromatic rings. The summed E-state index contributed by atoms with van der Waals surface area (Å²) in [6.45, 7) is 14.5. The standard InChI is InChI=1S/C33H31F5N4O4.C7H13NO2.C3H8.CH3NO.CH5N.2CH2O/c1-15(2)30(45-4)32(44)41-11-5-6-21(41)31(43)40-18-8-10-20-16(12-18)13-22-19-9-7-17(39-3)14-23(19)46-33(42(20)22)24-25(34)27(36)29(38)28(37)26(24)35;1-10-6-7(9)8-4-2-3-5-8;1-3-2;2-1-3;3*1-2/h7-10,12-15,21,30,33,39H,5-6,11H2,1-4H3,(H,40,43);2-6H2,1H3;3H2,1-2H3;1H,(H2,2,3);2H2,1H3;2*1H2. The average molecular weight is 966 g/mol. The highest BCUT2D eigenvalue weighted by Crippen LogP contribution is 2.46. The fraction of sp³-hybridized carbons (Fsp3) is 0.447. The molecule has 3 aromatic carbocycles. The van der Waals surface area contributed by atoms with Crippen LogP contribution in [0.1, 0.15) is 71.6 Å². The molecule has 2 fully saturated rings. The highest BCUT2D eigenvalue weighted by molar-refractivity contribution is 6.00. The second kappa shape index (κ2) is 30.0. The number of hydrogen-bond donors (Lipinski definition) is 4. The lowest BCUT2D eigenvalue weighted by molar-refractivity contribution is -0.147. The lowest BCUT2D eigenvalue weighted by Crippen LogP contribution is -2.49. The van der Waals surface area contributed by atoms with Gasteiger partial charge in [-0.3, -0.25) is 19.2 Å². The van der Waals surface area contributed by atoms with Gasteiger partial charge in [-0.25, -0.2) is 22.0 Å². The van der Waals surface area contributed by atoms with Crippen LogP contribution in [-0.2, 0) is 38.2 Å². The van der Waals surface area contributed by atoms with Gasteiger partial charge in [0.2, 0.25) is 30.3 Å². The van der Waals surface area contributed by atoms with E-state index in [4.69, 9.17) is 28.6 Å². The predicted octanol–water partition coefficient (Wildman–Crippen LogP) is 6.56. The SMILES string of the molecule is C=O.C=O.CCC.CN.CNc1ccc2c(c1)OC(c1c(F)c(F)c(F)c(F)c1F)n1c-2cc2cc(NC(=O)C3CCCN3C(=O)C(OC)C(C)C)ccc21.COCC(=O)N1CCCC1.NC=O. The van der Waals surface area contributed by atoms with Gasteiger partial charge in [-0.2, -0.15) is 0 Å². The highest BCUT2D eigenvalue weighted by Gasteiger charge is 2.39. The summed E-state index contributed by atoms with van der Waals surface area (Å²) in [6.07, 6.45) is 2.48. The van der Waals surface area contributed by atoms with Crippen LogP contribution in [0.4, 0.5) is 33.3 Å². The smallest absolute Gasteiger partial charge is 0.252 e. The summed E-state index contributed by atoms with van der Waals surface area (Å²) < 4.78 is 90.5. The van der Waals surface area contributed by atoms with Crippen LogP contribution < -0.4 is 26.8 Å². The number of anilines is 2. The second-order valence-corrected chi connectivity index (χ2v) is 15.0. The number of hydrogen-bond acceptors (Lipinski definition) is 11. The van der Waals surface area contributed by atoms with Crippen molar-refractivity contribution in [3.8, 4) is 17.0 Å². The van der Waals surface area contributed by atoms with Crippen LogP contribution in [0, 0.1) is 35.0 Å². The number of ether oxygens (including phenoxy) is 3. The van der Waals surface area contributed by atoms with Gasteiger partial charge in [0.15, 0.2) is 23.3 Å². The maximum Gasteiger partial charge on any atom is 0.252 e. The van der Waals surface area contributed by atoms with E-state index in [1.54, 1.807) is 56.6 Å². The van der Waals surface area contributed by atoms with E-state index in [-0.39, 0.29) is 42.4 Å². The summed E-state index contributed by atoms with van der Waals surface area (Å²) in [6, 6.07) is 10.7. The number of nitrogens with two attached hydrogens (primary N) is 2. The van der Waals surface area contributed by atoms with Crippen molar-refractivity contribution >= 4 is 60.0 Å². The topological polar surface area (TPSA) is 218 Å². The number of amides is 4. The van der Waals surface area contributed by atoms with Gasteiger partial charge in [-0.1, -0.05) is 34.1 Å². The summed E-state index contributed by atoms with van der Waals surface area (Å²) in [5, 5.41) is 6.28. The Labute approximate surface area is 393 Å². The summed E-state index contributed by atoms with van der Waals surface area (Å²) in [5.41, 5.74) is 9.75. The van der Waals surface area contributed by atoms with Gasteiger partial charge >= 0.3 is 0 Å². The minimum atomic E-state index is -2.27. The zero-order valence-electron chi connectivity index (χ0n) is 39.8. The van der Waals surface area contributed by atoms with E-state index in [0.29, 0.717) is 52.9 Å². The maximum atomic E-state index is 15.2. The summed E-state index contributed by atoms with van der Waals surface area (Å²) in [4.78, 5) is 65.6. The molecule has 16 nitrogen and oxygen atoms in total. The zero-order chi connectivity index (χ0) is 51.8. The molecule has 2 saturated heterocycles. The molecule has 1 aromatic heterocycles. The van der Waals surface area contributed by atoms with Crippen LogP contribution in [0.3, 0.4) is 0 Å². The van der Waals surface area contributed by atoms with Crippen molar-refractivity contribution in [2.24, 2.45) is 17.4 Å². The molecule has 0 bridgehead atoms. The van der Waals surface area contributed by atoms with E-state index >= 15 is 8.78 Å². The van der Waals surface area contributed by atoms with Crippen molar-refractivity contribution in [2.75, 3.05) is 65.2 Å². The first kappa shape index (κ1) is 59.6. The molecule has 6 N–H and O–H groups in total. The summed E-state index contributed by atoms with van der Waals surface area (Å²) in [7, 11) is 6.16. The molecule has 21 heteroatoms. The van der Waals surface area contributed by atoms with E-state index in [1.807, 2.05) is 32.3 Å². The molecule has 0 spiro atoms. The van der Waals surface area contributed by atoms with Gasteiger partial charge in [0, 0.05) is 69.3 Å². The predicted molar refractivity (Wildman–Crippen MR) is 249 cm³/mol. The number of carbonyl (C=O) groups is 6. The normalized spacial score (nSPS) is 15.4. The van der Waals surface area contributed by atoms with Crippen molar-refractivity contribution in [1.82, 2.24) is 14.4 Å². The fourth-order valence-corrected chi connectivity index (χ4v) is 7.49. The molecule has 4 heterocycles. The molecule has 376 valence electrons. The van der Waals surface area contributed by atoms with Crippen LogP contribution in [-0.4, -0.2) is 119 Å². The number of halogens is 5. The lowest BCUT2D eigenvalue weighted by atomic mass is 10.1. The number of methoxy groups -OCH3 is 2. The minimum absolute atomic E-state index is 0.0855. The number of nitrogens with one attached hydrogen (secondary N) is 2. The Morgan fingerprint density at radius 2 is 1.40 bits per heavy atom. The number of fused-ring (bicyclic) bond motifs is 5. The van der Waals surface area contributed by atoms with Crippen LogP contribution in [0.25, 0.3) is 22.2 Å². The van der Waals surface area contributed by atoms with Crippen LogP contribution >= 0.6 is 0 Å².